The highest BCUT2D eigenvalue weighted by Crippen LogP contribution is 2.23. The fourth-order valence-corrected chi connectivity index (χ4v) is 3.92. The molecule has 3 N–H and O–H groups in total. The lowest BCUT2D eigenvalue weighted by Crippen LogP contribution is -2.52. The molecule has 1 saturated heterocycles. The molecule has 7 nitrogen and oxygen atoms in total. The molecule has 1 aliphatic carbocycles. The standard InChI is InChI=1S/C19H29N5O2.ClH/c1-14-5-2-3-7-16(14)22-19(26)23-18(25)13-24-10-9-21-12-17(24)15-6-4-8-20-11-15;/h4,6,8,11,14,16-17,21H,2-3,5,7,9-10,12-13H2,1H3,(H2,22,23,25,26);1H. The van der Waals surface area contributed by atoms with Crippen molar-refractivity contribution in [2.24, 2.45) is 5.92 Å². The van der Waals surface area contributed by atoms with Crippen molar-refractivity contribution in [3.8, 4) is 0 Å². The van der Waals surface area contributed by atoms with E-state index in [-0.39, 0.29) is 43.0 Å². The highest BCUT2D eigenvalue weighted by molar-refractivity contribution is 5.95. The number of nitrogens with one attached hydrogen (secondary N) is 3. The fraction of sp³-hybridized carbons (Fsp3) is 0.632. The van der Waals surface area contributed by atoms with Crippen molar-refractivity contribution in [1.29, 1.82) is 0 Å². The largest absolute Gasteiger partial charge is 0.335 e. The zero-order chi connectivity index (χ0) is 18.4. The molecule has 3 amide bonds. The second-order valence-electron chi connectivity index (χ2n) is 7.37. The number of aromatic nitrogens is 1. The molecule has 3 atom stereocenters. The van der Waals surface area contributed by atoms with Crippen LogP contribution < -0.4 is 16.0 Å². The Morgan fingerprint density at radius 1 is 1.33 bits per heavy atom. The van der Waals surface area contributed by atoms with E-state index in [1.807, 2.05) is 18.3 Å². The van der Waals surface area contributed by atoms with Crippen molar-refractivity contribution in [2.45, 2.75) is 44.7 Å². The maximum atomic E-state index is 12.4. The lowest BCUT2D eigenvalue weighted by molar-refractivity contribution is -0.122. The molecule has 150 valence electrons. The number of amides is 3. The van der Waals surface area contributed by atoms with Crippen LogP contribution >= 0.6 is 12.4 Å². The Morgan fingerprint density at radius 2 is 2.15 bits per heavy atom. The maximum Gasteiger partial charge on any atom is 0.321 e. The first-order valence-electron chi connectivity index (χ1n) is 9.58. The molecule has 3 rings (SSSR count). The second kappa shape index (κ2) is 10.6. The molecule has 0 bridgehead atoms. The zero-order valence-electron chi connectivity index (χ0n) is 15.8. The van der Waals surface area contributed by atoms with Gasteiger partial charge in [0.25, 0.3) is 0 Å². The van der Waals surface area contributed by atoms with E-state index in [9.17, 15) is 9.59 Å². The normalized spacial score (nSPS) is 25.9. The number of imide groups is 1. The summed E-state index contributed by atoms with van der Waals surface area (Å²) in [5.74, 6) is 0.203. The zero-order valence-corrected chi connectivity index (χ0v) is 16.6. The van der Waals surface area contributed by atoms with Gasteiger partial charge in [-0.2, -0.15) is 0 Å². The number of halogens is 1. The van der Waals surface area contributed by atoms with Crippen LogP contribution in [0.25, 0.3) is 0 Å². The van der Waals surface area contributed by atoms with Crippen molar-refractivity contribution >= 4 is 24.3 Å². The third-order valence-electron chi connectivity index (χ3n) is 5.45. The first kappa shape index (κ1) is 21.6. The average Bonchev–Trinajstić information content (AvgIpc) is 2.64. The minimum atomic E-state index is -0.373. The quantitative estimate of drug-likeness (QED) is 0.724. The summed E-state index contributed by atoms with van der Waals surface area (Å²) in [5, 5.41) is 8.82. The molecule has 27 heavy (non-hydrogen) atoms. The number of hydrogen-bond donors (Lipinski definition) is 3. The first-order chi connectivity index (χ1) is 12.6. The Bertz CT molecular complexity index is 615. The van der Waals surface area contributed by atoms with Crippen LogP contribution in [0, 0.1) is 5.92 Å². The van der Waals surface area contributed by atoms with Crippen molar-refractivity contribution < 1.29 is 9.59 Å². The van der Waals surface area contributed by atoms with Gasteiger partial charge in [-0.1, -0.05) is 25.8 Å². The van der Waals surface area contributed by atoms with Crippen LogP contribution in [0.1, 0.15) is 44.2 Å². The molecular formula is C19H30ClN5O2. The molecule has 2 heterocycles. The lowest BCUT2D eigenvalue weighted by atomic mass is 9.86. The van der Waals surface area contributed by atoms with E-state index in [0.717, 1.165) is 44.5 Å². The summed E-state index contributed by atoms with van der Waals surface area (Å²) < 4.78 is 0. The molecule has 1 aromatic rings. The Morgan fingerprint density at radius 3 is 2.89 bits per heavy atom. The molecule has 1 saturated carbocycles. The Balaban J connectivity index is 0.00000261. The van der Waals surface area contributed by atoms with E-state index < -0.39 is 0 Å². The third-order valence-corrected chi connectivity index (χ3v) is 5.45. The number of hydrogen-bond acceptors (Lipinski definition) is 5. The fourth-order valence-electron chi connectivity index (χ4n) is 3.92. The van der Waals surface area contributed by atoms with Crippen LogP contribution in [0.15, 0.2) is 24.5 Å². The number of nitrogens with zero attached hydrogens (tertiary/aromatic N) is 2. The molecule has 0 radical (unpaired) electrons. The van der Waals surface area contributed by atoms with E-state index in [4.69, 9.17) is 0 Å². The van der Waals surface area contributed by atoms with Gasteiger partial charge in [-0.15, -0.1) is 12.4 Å². The number of urea groups is 1. The summed E-state index contributed by atoms with van der Waals surface area (Å²) in [6.07, 6.45) is 8.05. The molecular weight excluding hydrogens is 366 g/mol. The van der Waals surface area contributed by atoms with E-state index in [0.29, 0.717) is 5.92 Å². The summed E-state index contributed by atoms with van der Waals surface area (Å²) in [6, 6.07) is 3.80. The Kier molecular flexibility index (Phi) is 8.47. The lowest BCUT2D eigenvalue weighted by Gasteiger charge is -2.35. The second-order valence-corrected chi connectivity index (χ2v) is 7.37. The van der Waals surface area contributed by atoms with Crippen LogP contribution in [0.3, 0.4) is 0 Å². The van der Waals surface area contributed by atoms with Gasteiger partial charge in [-0.25, -0.2) is 4.79 Å². The molecule has 0 aromatic carbocycles. The maximum absolute atomic E-state index is 12.4. The van der Waals surface area contributed by atoms with E-state index in [1.54, 1.807) is 6.20 Å². The van der Waals surface area contributed by atoms with Crippen molar-refractivity contribution in [1.82, 2.24) is 25.8 Å². The topological polar surface area (TPSA) is 86.4 Å². The molecule has 8 heteroatoms. The Hall–Kier alpha value is -1.70. The van der Waals surface area contributed by atoms with Crippen LogP contribution in [0.5, 0.6) is 0 Å². The number of carbonyl (C=O) groups is 2. The number of rotatable bonds is 4. The van der Waals surface area contributed by atoms with Gasteiger partial charge in [0.1, 0.15) is 0 Å². The van der Waals surface area contributed by atoms with Gasteiger partial charge in [0.05, 0.1) is 6.54 Å². The summed E-state index contributed by atoms with van der Waals surface area (Å²) in [4.78, 5) is 30.8. The monoisotopic (exact) mass is 395 g/mol. The van der Waals surface area contributed by atoms with E-state index in [2.05, 4.69) is 32.8 Å². The van der Waals surface area contributed by atoms with Gasteiger partial charge in [0.15, 0.2) is 0 Å². The summed E-state index contributed by atoms with van der Waals surface area (Å²) in [5.41, 5.74) is 1.08. The molecule has 1 aromatic heterocycles. The highest BCUT2D eigenvalue weighted by atomic mass is 35.5. The first-order valence-corrected chi connectivity index (χ1v) is 9.58. The highest BCUT2D eigenvalue weighted by Gasteiger charge is 2.27. The van der Waals surface area contributed by atoms with Crippen LogP contribution in [0.2, 0.25) is 0 Å². The predicted molar refractivity (Wildman–Crippen MR) is 107 cm³/mol. The third kappa shape index (κ3) is 6.16. The van der Waals surface area contributed by atoms with E-state index in [1.165, 1.54) is 6.42 Å². The van der Waals surface area contributed by atoms with E-state index >= 15 is 0 Å². The summed E-state index contributed by atoms with van der Waals surface area (Å²) >= 11 is 0. The minimum absolute atomic E-state index is 0. The SMILES string of the molecule is CC1CCCCC1NC(=O)NC(=O)CN1CCNCC1c1cccnc1.Cl. The minimum Gasteiger partial charge on any atom is -0.335 e. The molecule has 3 unspecified atom stereocenters. The number of pyridine rings is 1. The molecule has 2 aliphatic rings. The van der Waals surface area contributed by atoms with Crippen molar-refractivity contribution in [3.05, 3.63) is 30.1 Å². The number of piperazine rings is 1. The molecule has 2 fully saturated rings. The van der Waals surface area contributed by atoms with Crippen LogP contribution in [0.4, 0.5) is 4.79 Å². The van der Waals surface area contributed by atoms with Crippen LogP contribution in [-0.2, 0) is 4.79 Å². The average molecular weight is 396 g/mol. The van der Waals surface area contributed by atoms with Gasteiger partial charge >= 0.3 is 6.03 Å². The van der Waals surface area contributed by atoms with Gasteiger partial charge < -0.3 is 10.6 Å². The van der Waals surface area contributed by atoms with Crippen molar-refractivity contribution in [3.63, 3.8) is 0 Å². The van der Waals surface area contributed by atoms with Crippen LogP contribution in [-0.4, -0.2) is 54.0 Å². The smallest absolute Gasteiger partial charge is 0.321 e. The van der Waals surface area contributed by atoms with Gasteiger partial charge in [-0.05, 0) is 30.4 Å². The Labute approximate surface area is 167 Å². The molecule has 1 aliphatic heterocycles. The van der Waals surface area contributed by atoms with Crippen molar-refractivity contribution in [2.75, 3.05) is 26.2 Å². The van der Waals surface area contributed by atoms with Gasteiger partial charge in [-0.3, -0.25) is 20.0 Å². The number of carbonyl (C=O) groups excluding carboxylic acids is 2. The summed E-state index contributed by atoms with van der Waals surface area (Å²) in [6.45, 7) is 4.72. The van der Waals surface area contributed by atoms with Gasteiger partial charge in [0.2, 0.25) is 5.91 Å². The van der Waals surface area contributed by atoms with Gasteiger partial charge in [0, 0.05) is 44.1 Å². The predicted octanol–water partition coefficient (Wildman–Crippen LogP) is 1.85. The summed E-state index contributed by atoms with van der Waals surface area (Å²) in [7, 11) is 0. The molecule has 0 spiro atoms.